The molecule has 7 heteroatoms. The molecule has 2 N–H and O–H groups in total. The molecule has 0 aliphatic heterocycles. The molecule has 1 heterocycles. The number of hydrogen-bond donors (Lipinski definition) is 1. The Hall–Kier alpha value is -3.19. The molecular formula is C22H28N6O. The Morgan fingerprint density at radius 3 is 2.66 bits per heavy atom. The standard InChI is InChI=1S/C22H28N6O/c1-6-21(29-14-18-15(2)10-9-13-19(18)27(4)23)25-24-16(3)22-17-11-7-8-12-20(17)28(5)26-22/h7-13H,6,14,23H2,1-5H3/b24-16?,25-21+. The number of hydrogen-bond acceptors (Lipinski definition) is 6. The van der Waals surface area contributed by atoms with Gasteiger partial charge in [-0.05, 0) is 31.5 Å². The lowest BCUT2D eigenvalue weighted by Crippen LogP contribution is -2.26. The molecular weight excluding hydrogens is 364 g/mol. The molecule has 0 radical (unpaired) electrons. The zero-order valence-corrected chi connectivity index (χ0v) is 17.7. The van der Waals surface area contributed by atoms with Gasteiger partial charge in [-0.2, -0.15) is 10.2 Å². The minimum Gasteiger partial charge on any atom is -0.475 e. The number of hydrazine groups is 1. The monoisotopic (exact) mass is 392 g/mol. The van der Waals surface area contributed by atoms with Crippen LogP contribution in [0.2, 0.25) is 0 Å². The fraction of sp³-hybridized carbons (Fsp3) is 0.318. The maximum absolute atomic E-state index is 5.96. The first-order chi connectivity index (χ1) is 13.9. The summed E-state index contributed by atoms with van der Waals surface area (Å²) in [5.41, 5.74) is 5.72. The van der Waals surface area contributed by atoms with Crippen molar-refractivity contribution >= 4 is 28.2 Å². The number of nitrogens with two attached hydrogens (primary N) is 1. The van der Waals surface area contributed by atoms with E-state index in [1.54, 1.807) is 5.01 Å². The summed E-state index contributed by atoms with van der Waals surface area (Å²) >= 11 is 0. The van der Waals surface area contributed by atoms with Gasteiger partial charge in [0.1, 0.15) is 12.3 Å². The van der Waals surface area contributed by atoms with Crippen molar-refractivity contribution in [2.24, 2.45) is 23.1 Å². The van der Waals surface area contributed by atoms with E-state index in [0.717, 1.165) is 39.1 Å². The van der Waals surface area contributed by atoms with Crippen LogP contribution in [-0.2, 0) is 18.4 Å². The van der Waals surface area contributed by atoms with Gasteiger partial charge in [0, 0.05) is 31.5 Å². The highest BCUT2D eigenvalue weighted by Crippen LogP contribution is 2.22. The summed E-state index contributed by atoms with van der Waals surface area (Å²) in [6, 6.07) is 14.1. The Balaban J connectivity index is 1.82. The van der Waals surface area contributed by atoms with E-state index < -0.39 is 0 Å². The lowest BCUT2D eigenvalue weighted by atomic mass is 10.1. The Morgan fingerprint density at radius 2 is 1.93 bits per heavy atom. The van der Waals surface area contributed by atoms with Crippen molar-refractivity contribution in [3.63, 3.8) is 0 Å². The summed E-state index contributed by atoms with van der Waals surface area (Å²) in [6.07, 6.45) is 0.638. The maximum atomic E-state index is 5.96. The molecule has 2 aromatic carbocycles. The minimum atomic E-state index is 0.386. The maximum Gasteiger partial charge on any atom is 0.208 e. The lowest BCUT2D eigenvalue weighted by molar-refractivity contribution is 0.283. The van der Waals surface area contributed by atoms with Crippen molar-refractivity contribution in [2.45, 2.75) is 33.8 Å². The third-order valence-electron chi connectivity index (χ3n) is 4.86. The summed E-state index contributed by atoms with van der Waals surface area (Å²) in [5.74, 6) is 6.52. The number of anilines is 1. The predicted molar refractivity (Wildman–Crippen MR) is 119 cm³/mol. The van der Waals surface area contributed by atoms with Crippen LogP contribution in [0.15, 0.2) is 52.7 Å². The second-order valence-corrected chi connectivity index (χ2v) is 6.99. The number of para-hydroxylation sites is 1. The molecule has 0 amide bonds. The summed E-state index contributed by atoms with van der Waals surface area (Å²) in [5, 5.41) is 16.0. The van der Waals surface area contributed by atoms with Crippen LogP contribution < -0.4 is 10.9 Å². The number of aryl methyl sites for hydroxylation is 2. The quantitative estimate of drug-likeness (QED) is 0.298. The van der Waals surface area contributed by atoms with Gasteiger partial charge in [-0.15, -0.1) is 5.10 Å². The molecule has 0 saturated carbocycles. The number of nitrogens with zero attached hydrogens (tertiary/aromatic N) is 5. The molecule has 0 atom stereocenters. The second-order valence-electron chi connectivity index (χ2n) is 6.99. The Kier molecular flexibility index (Phi) is 6.29. The predicted octanol–water partition coefficient (Wildman–Crippen LogP) is 3.94. The van der Waals surface area contributed by atoms with E-state index in [1.165, 1.54) is 0 Å². The van der Waals surface area contributed by atoms with Gasteiger partial charge < -0.3 is 9.75 Å². The van der Waals surface area contributed by atoms with E-state index in [-0.39, 0.29) is 0 Å². The minimum absolute atomic E-state index is 0.386. The van der Waals surface area contributed by atoms with E-state index in [0.29, 0.717) is 18.9 Å². The van der Waals surface area contributed by atoms with Crippen molar-refractivity contribution in [3.8, 4) is 0 Å². The van der Waals surface area contributed by atoms with Crippen molar-refractivity contribution < 1.29 is 4.74 Å². The van der Waals surface area contributed by atoms with E-state index in [1.807, 2.05) is 82.0 Å². The van der Waals surface area contributed by atoms with Crippen LogP contribution in [-0.4, -0.2) is 28.4 Å². The van der Waals surface area contributed by atoms with Crippen molar-refractivity contribution in [3.05, 3.63) is 59.3 Å². The van der Waals surface area contributed by atoms with Gasteiger partial charge in [-0.1, -0.05) is 37.3 Å². The topological polar surface area (TPSA) is 81.0 Å². The fourth-order valence-electron chi connectivity index (χ4n) is 3.22. The molecule has 0 aliphatic rings. The molecule has 0 spiro atoms. The van der Waals surface area contributed by atoms with Crippen LogP contribution >= 0.6 is 0 Å². The van der Waals surface area contributed by atoms with Crippen molar-refractivity contribution in [2.75, 3.05) is 12.1 Å². The van der Waals surface area contributed by atoms with Gasteiger partial charge in [-0.25, -0.2) is 5.84 Å². The zero-order chi connectivity index (χ0) is 21.0. The number of ether oxygens (including phenoxy) is 1. The molecule has 3 rings (SSSR count). The molecule has 3 aromatic rings. The van der Waals surface area contributed by atoms with Crippen LogP contribution in [0.25, 0.3) is 10.9 Å². The molecule has 0 unspecified atom stereocenters. The first-order valence-electron chi connectivity index (χ1n) is 9.65. The third kappa shape index (κ3) is 4.46. The number of rotatable bonds is 6. The van der Waals surface area contributed by atoms with Crippen LogP contribution in [0.4, 0.5) is 5.69 Å². The Bertz CT molecular complexity index is 1060. The van der Waals surface area contributed by atoms with Gasteiger partial charge in [0.25, 0.3) is 0 Å². The van der Waals surface area contributed by atoms with Gasteiger partial charge in [0.05, 0.1) is 16.9 Å². The Morgan fingerprint density at radius 1 is 1.17 bits per heavy atom. The number of aromatic nitrogens is 2. The average Bonchev–Trinajstić information content (AvgIpc) is 3.05. The normalized spacial score (nSPS) is 12.5. The lowest BCUT2D eigenvalue weighted by Gasteiger charge is -2.19. The zero-order valence-electron chi connectivity index (χ0n) is 17.7. The third-order valence-corrected chi connectivity index (χ3v) is 4.86. The van der Waals surface area contributed by atoms with Crippen LogP contribution in [0.3, 0.4) is 0 Å². The highest BCUT2D eigenvalue weighted by atomic mass is 16.5. The van der Waals surface area contributed by atoms with E-state index in [9.17, 15) is 0 Å². The fourth-order valence-corrected chi connectivity index (χ4v) is 3.22. The molecule has 152 valence electrons. The molecule has 29 heavy (non-hydrogen) atoms. The van der Waals surface area contributed by atoms with Crippen LogP contribution in [0.1, 0.15) is 37.1 Å². The second kappa shape index (κ2) is 8.87. The molecule has 0 saturated heterocycles. The highest BCUT2D eigenvalue weighted by molar-refractivity contribution is 6.07. The van der Waals surface area contributed by atoms with Gasteiger partial charge in [0.2, 0.25) is 5.90 Å². The largest absolute Gasteiger partial charge is 0.475 e. The summed E-state index contributed by atoms with van der Waals surface area (Å²) < 4.78 is 7.82. The van der Waals surface area contributed by atoms with Crippen LogP contribution in [0.5, 0.6) is 0 Å². The van der Waals surface area contributed by atoms with E-state index in [4.69, 9.17) is 10.6 Å². The van der Waals surface area contributed by atoms with Gasteiger partial charge in [-0.3, -0.25) is 4.68 Å². The molecule has 0 aliphatic carbocycles. The number of fused-ring (bicyclic) bond motifs is 1. The van der Waals surface area contributed by atoms with Crippen LogP contribution in [0, 0.1) is 6.92 Å². The molecule has 1 aromatic heterocycles. The summed E-state index contributed by atoms with van der Waals surface area (Å²) in [7, 11) is 3.75. The first kappa shape index (κ1) is 20.5. The summed E-state index contributed by atoms with van der Waals surface area (Å²) in [6.45, 7) is 6.34. The van der Waals surface area contributed by atoms with Crippen molar-refractivity contribution in [1.82, 2.24) is 9.78 Å². The first-order valence-corrected chi connectivity index (χ1v) is 9.65. The molecule has 7 nitrogen and oxygen atoms in total. The van der Waals surface area contributed by atoms with Crippen molar-refractivity contribution in [1.29, 1.82) is 0 Å². The van der Waals surface area contributed by atoms with E-state index >= 15 is 0 Å². The molecule has 0 fully saturated rings. The highest BCUT2D eigenvalue weighted by Gasteiger charge is 2.12. The van der Waals surface area contributed by atoms with Gasteiger partial charge in [0.15, 0.2) is 0 Å². The Labute approximate surface area is 171 Å². The average molecular weight is 393 g/mol. The van der Waals surface area contributed by atoms with E-state index in [2.05, 4.69) is 15.3 Å². The molecule has 0 bridgehead atoms. The summed E-state index contributed by atoms with van der Waals surface area (Å²) in [4.78, 5) is 0. The number of benzene rings is 2. The SMILES string of the molecule is CC/C(=N\N=C(C)c1nn(C)c2ccccc12)OCc1c(C)cccc1N(C)N. The smallest absolute Gasteiger partial charge is 0.208 e. The van der Waals surface area contributed by atoms with Gasteiger partial charge >= 0.3 is 0 Å².